The van der Waals surface area contributed by atoms with Crippen LogP contribution in [0.25, 0.3) is 11.1 Å². The molecule has 0 saturated carbocycles. The van der Waals surface area contributed by atoms with Gasteiger partial charge in [0.2, 0.25) is 0 Å². The zero-order chi connectivity index (χ0) is 35.6. The lowest BCUT2D eigenvalue weighted by atomic mass is 9.92. The predicted octanol–water partition coefficient (Wildman–Crippen LogP) is 7.56. The van der Waals surface area contributed by atoms with Gasteiger partial charge in [0.1, 0.15) is 5.75 Å². The van der Waals surface area contributed by atoms with E-state index in [2.05, 4.69) is 62.5 Å². The summed E-state index contributed by atoms with van der Waals surface area (Å²) >= 11 is 0. The maximum absolute atomic E-state index is 12.1. The molecule has 7 heteroatoms. The van der Waals surface area contributed by atoms with Crippen LogP contribution in [0, 0.1) is 5.92 Å². The Morgan fingerprint density at radius 1 is 0.673 bits per heavy atom. The molecule has 0 fully saturated rings. The van der Waals surface area contributed by atoms with Gasteiger partial charge in [0.15, 0.2) is 0 Å². The highest BCUT2D eigenvalue weighted by Crippen LogP contribution is 2.31. The summed E-state index contributed by atoms with van der Waals surface area (Å²) in [4.78, 5) is 24.2. The molecule has 0 aromatic heterocycles. The molecule has 0 unspecified atom stereocenters. The second-order valence-corrected chi connectivity index (χ2v) is 12.8. The topological polar surface area (TPSA) is 102 Å². The third-order valence-electron chi connectivity index (χ3n) is 8.54. The SMILES string of the molecule is C=C(C)C(=O)OCCc1cc(-c2ccc(CCc3ccc(CCCCC)cc3)cc2CCOC(=O)C(=C)C)ccc1OCCC(CO)CO. The lowest BCUT2D eigenvalue weighted by Crippen LogP contribution is -2.15. The average molecular weight is 671 g/mol. The molecule has 0 spiro atoms. The smallest absolute Gasteiger partial charge is 0.333 e. The molecule has 0 aliphatic rings. The van der Waals surface area contributed by atoms with Crippen molar-refractivity contribution in [3.63, 3.8) is 0 Å². The Bertz CT molecular complexity index is 1520. The molecular formula is C42H54O7. The number of aliphatic hydroxyl groups is 2. The van der Waals surface area contributed by atoms with Gasteiger partial charge < -0.3 is 24.4 Å². The van der Waals surface area contributed by atoms with E-state index in [-0.39, 0.29) is 32.3 Å². The number of hydrogen-bond donors (Lipinski definition) is 2. The van der Waals surface area contributed by atoms with Gasteiger partial charge >= 0.3 is 11.9 Å². The van der Waals surface area contributed by atoms with Gasteiger partial charge in [0.05, 0.1) is 19.8 Å². The van der Waals surface area contributed by atoms with E-state index in [1.54, 1.807) is 13.8 Å². The molecule has 3 rings (SSSR count). The second-order valence-electron chi connectivity index (χ2n) is 12.8. The number of esters is 2. The zero-order valence-electron chi connectivity index (χ0n) is 29.6. The third kappa shape index (κ3) is 13.3. The minimum Gasteiger partial charge on any atom is -0.493 e. The van der Waals surface area contributed by atoms with Gasteiger partial charge in [-0.15, -0.1) is 0 Å². The van der Waals surface area contributed by atoms with Crippen molar-refractivity contribution in [3.8, 4) is 16.9 Å². The molecule has 0 aliphatic heterocycles. The minimum atomic E-state index is -0.447. The number of aryl methyl sites for hydroxylation is 3. The molecule has 0 radical (unpaired) electrons. The summed E-state index contributed by atoms with van der Waals surface area (Å²) in [7, 11) is 0. The van der Waals surface area contributed by atoms with Crippen LogP contribution in [0.1, 0.15) is 74.3 Å². The summed E-state index contributed by atoms with van der Waals surface area (Å²) in [6.45, 7) is 13.3. The fraction of sp³-hybridized carbons (Fsp3) is 0.429. The molecule has 49 heavy (non-hydrogen) atoms. The lowest BCUT2D eigenvalue weighted by Gasteiger charge is -2.17. The molecular weight excluding hydrogens is 616 g/mol. The Morgan fingerprint density at radius 3 is 1.84 bits per heavy atom. The van der Waals surface area contributed by atoms with Gasteiger partial charge in [-0.25, -0.2) is 9.59 Å². The number of carbonyl (C=O) groups excluding carboxylic acids is 2. The van der Waals surface area contributed by atoms with E-state index in [1.165, 1.54) is 36.0 Å². The molecule has 0 heterocycles. The fourth-order valence-electron chi connectivity index (χ4n) is 5.44. The molecule has 0 bridgehead atoms. The van der Waals surface area contributed by atoms with Gasteiger partial charge in [-0.3, -0.25) is 0 Å². The third-order valence-corrected chi connectivity index (χ3v) is 8.54. The van der Waals surface area contributed by atoms with E-state index >= 15 is 0 Å². The van der Waals surface area contributed by atoms with E-state index in [0.29, 0.717) is 42.8 Å². The van der Waals surface area contributed by atoms with Gasteiger partial charge in [-0.2, -0.15) is 0 Å². The van der Waals surface area contributed by atoms with Crippen LogP contribution in [0.2, 0.25) is 0 Å². The van der Waals surface area contributed by atoms with E-state index in [4.69, 9.17) is 14.2 Å². The van der Waals surface area contributed by atoms with Crippen molar-refractivity contribution >= 4 is 11.9 Å². The number of aliphatic hydroxyl groups excluding tert-OH is 2. The highest BCUT2D eigenvalue weighted by molar-refractivity contribution is 5.87. The lowest BCUT2D eigenvalue weighted by molar-refractivity contribution is -0.139. The first-order valence-corrected chi connectivity index (χ1v) is 17.5. The van der Waals surface area contributed by atoms with E-state index in [1.807, 2.05) is 18.2 Å². The maximum Gasteiger partial charge on any atom is 0.333 e. The number of rotatable bonds is 22. The summed E-state index contributed by atoms with van der Waals surface area (Å²) < 4.78 is 17.0. The number of ether oxygens (including phenoxy) is 3. The van der Waals surface area contributed by atoms with Crippen molar-refractivity contribution < 1.29 is 34.0 Å². The second kappa shape index (κ2) is 21.0. The first kappa shape index (κ1) is 39.2. The Hall–Kier alpha value is -4.20. The molecule has 7 nitrogen and oxygen atoms in total. The van der Waals surface area contributed by atoms with Crippen molar-refractivity contribution in [1.82, 2.24) is 0 Å². The number of carbonyl (C=O) groups is 2. The van der Waals surface area contributed by atoms with Crippen molar-refractivity contribution in [2.45, 2.75) is 78.6 Å². The summed E-state index contributed by atoms with van der Waals surface area (Å²) in [6.07, 6.45) is 8.08. The molecule has 3 aromatic rings. The van der Waals surface area contributed by atoms with Crippen molar-refractivity contribution in [2.75, 3.05) is 33.0 Å². The standard InChI is InChI=1S/C42H54O7/c1-6-7-8-9-32-10-12-33(13-11-32)14-15-34-16-18-39(37(26-34)21-24-48-41(45)30(2)3)36-17-19-40(47-23-20-35(28-43)29-44)38(27-36)22-25-49-42(46)31(4)5/h10-13,16-19,26-27,35,43-44H,2,4,6-9,14-15,20-25,28-29H2,1,3,5H3. The van der Waals surface area contributed by atoms with Crippen LogP contribution >= 0.6 is 0 Å². The first-order valence-electron chi connectivity index (χ1n) is 17.5. The zero-order valence-corrected chi connectivity index (χ0v) is 29.6. The number of unbranched alkanes of at least 4 members (excludes halogenated alkanes) is 2. The molecule has 0 amide bonds. The van der Waals surface area contributed by atoms with Crippen LogP contribution < -0.4 is 4.74 Å². The summed E-state index contributed by atoms with van der Waals surface area (Å²) in [5, 5.41) is 18.9. The quantitative estimate of drug-likeness (QED) is 0.0646. The van der Waals surface area contributed by atoms with Crippen LogP contribution in [0.5, 0.6) is 5.75 Å². The predicted molar refractivity (Wildman–Crippen MR) is 196 cm³/mol. The van der Waals surface area contributed by atoms with Crippen LogP contribution in [-0.4, -0.2) is 55.2 Å². The first-order chi connectivity index (χ1) is 23.6. The Balaban J connectivity index is 1.86. The molecule has 264 valence electrons. The molecule has 3 aromatic carbocycles. The normalized spacial score (nSPS) is 11.0. The minimum absolute atomic E-state index is 0.117. The van der Waals surface area contributed by atoms with Crippen molar-refractivity contribution in [2.24, 2.45) is 5.92 Å². The molecule has 0 aliphatic carbocycles. The van der Waals surface area contributed by atoms with E-state index in [9.17, 15) is 19.8 Å². The summed E-state index contributed by atoms with van der Waals surface area (Å²) in [5.41, 5.74) is 8.48. The maximum atomic E-state index is 12.1. The van der Waals surface area contributed by atoms with Gasteiger partial charge in [-0.1, -0.05) is 81.5 Å². The summed E-state index contributed by atoms with van der Waals surface area (Å²) in [6, 6.07) is 21.4. The molecule has 0 saturated heterocycles. The van der Waals surface area contributed by atoms with Gasteiger partial charge in [-0.05, 0) is 97.0 Å². The van der Waals surface area contributed by atoms with Crippen LogP contribution in [-0.2, 0) is 51.2 Å². The van der Waals surface area contributed by atoms with Gasteiger partial charge in [0, 0.05) is 43.1 Å². The molecule has 2 N–H and O–H groups in total. The monoisotopic (exact) mass is 670 g/mol. The Morgan fingerprint density at radius 2 is 1.24 bits per heavy atom. The van der Waals surface area contributed by atoms with Crippen molar-refractivity contribution in [1.29, 1.82) is 0 Å². The number of hydrogen-bond acceptors (Lipinski definition) is 7. The Labute approximate surface area is 292 Å². The van der Waals surface area contributed by atoms with Crippen LogP contribution in [0.15, 0.2) is 85.0 Å². The van der Waals surface area contributed by atoms with Gasteiger partial charge in [0.25, 0.3) is 0 Å². The Kier molecular flexibility index (Phi) is 16.8. The summed E-state index contributed by atoms with van der Waals surface area (Å²) in [5.74, 6) is -0.463. The van der Waals surface area contributed by atoms with Crippen LogP contribution in [0.4, 0.5) is 0 Å². The van der Waals surface area contributed by atoms with E-state index < -0.39 is 11.9 Å². The largest absolute Gasteiger partial charge is 0.493 e. The average Bonchev–Trinajstić information content (AvgIpc) is 3.10. The van der Waals surface area contributed by atoms with Crippen LogP contribution in [0.3, 0.4) is 0 Å². The highest BCUT2D eigenvalue weighted by atomic mass is 16.5. The van der Waals surface area contributed by atoms with E-state index in [0.717, 1.165) is 41.5 Å². The van der Waals surface area contributed by atoms with Crippen molar-refractivity contribution in [3.05, 3.63) is 113 Å². The highest BCUT2D eigenvalue weighted by Gasteiger charge is 2.14. The molecule has 0 atom stereocenters. The number of benzene rings is 3. The fourth-order valence-corrected chi connectivity index (χ4v) is 5.44.